The smallest absolute Gasteiger partial charge is 0.336 e. The van der Waals surface area contributed by atoms with Crippen LogP contribution in [-0.4, -0.2) is 31.1 Å². The topological polar surface area (TPSA) is 45.5 Å². The van der Waals surface area contributed by atoms with Crippen LogP contribution in [0.4, 0.5) is 0 Å². The quantitative estimate of drug-likeness (QED) is 0.879. The van der Waals surface area contributed by atoms with Crippen molar-refractivity contribution in [3.05, 3.63) is 45.8 Å². The van der Waals surface area contributed by atoms with Gasteiger partial charge in [0.05, 0.1) is 0 Å². The van der Waals surface area contributed by atoms with Crippen LogP contribution in [0.1, 0.15) is 24.0 Å². The molecule has 0 aliphatic carbocycles. The minimum absolute atomic E-state index is 0. The average Bonchev–Trinajstić information content (AvgIpc) is 2.86. The Morgan fingerprint density at radius 1 is 1.36 bits per heavy atom. The largest absolute Gasteiger partial charge is 0.423 e. The lowest BCUT2D eigenvalue weighted by atomic mass is 10.1. The highest BCUT2D eigenvalue weighted by atomic mass is 35.5. The first-order chi connectivity index (χ1) is 10.2. The minimum atomic E-state index is -0.257. The lowest BCUT2D eigenvalue weighted by Crippen LogP contribution is -2.36. The Balaban J connectivity index is 0.00000176. The molecule has 1 fully saturated rings. The lowest BCUT2D eigenvalue weighted by Gasteiger charge is -2.24. The zero-order valence-electron chi connectivity index (χ0n) is 13.1. The van der Waals surface area contributed by atoms with Gasteiger partial charge >= 0.3 is 5.63 Å². The number of aryl methyl sites for hydroxylation is 1. The number of nitrogens with one attached hydrogen (secondary N) is 1. The van der Waals surface area contributed by atoms with Gasteiger partial charge in [-0.2, -0.15) is 0 Å². The number of benzene rings is 1. The van der Waals surface area contributed by atoms with Crippen LogP contribution in [0.25, 0.3) is 11.0 Å². The van der Waals surface area contributed by atoms with Crippen molar-refractivity contribution < 1.29 is 4.42 Å². The van der Waals surface area contributed by atoms with Crippen LogP contribution in [0, 0.1) is 6.92 Å². The molecule has 120 valence electrons. The van der Waals surface area contributed by atoms with E-state index in [1.165, 1.54) is 12.8 Å². The van der Waals surface area contributed by atoms with Gasteiger partial charge in [0, 0.05) is 30.6 Å². The maximum Gasteiger partial charge on any atom is 0.336 e. The Morgan fingerprint density at radius 2 is 2.18 bits per heavy atom. The van der Waals surface area contributed by atoms with Crippen molar-refractivity contribution in [3.8, 4) is 0 Å². The van der Waals surface area contributed by atoms with Crippen LogP contribution < -0.4 is 10.9 Å². The molecular formula is C17H23ClN2O2. The number of nitrogens with zero attached hydrogens (tertiary/aromatic N) is 1. The van der Waals surface area contributed by atoms with E-state index in [0.29, 0.717) is 11.6 Å². The van der Waals surface area contributed by atoms with Crippen LogP contribution >= 0.6 is 12.4 Å². The molecule has 0 spiro atoms. The van der Waals surface area contributed by atoms with Gasteiger partial charge in [0.1, 0.15) is 5.58 Å². The van der Waals surface area contributed by atoms with E-state index < -0.39 is 0 Å². The van der Waals surface area contributed by atoms with Crippen molar-refractivity contribution in [2.75, 3.05) is 20.1 Å². The summed E-state index contributed by atoms with van der Waals surface area (Å²) in [7, 11) is 1.99. The molecule has 1 aliphatic heterocycles. The number of hydrogen-bond acceptors (Lipinski definition) is 4. The molecule has 4 nitrogen and oxygen atoms in total. The summed E-state index contributed by atoms with van der Waals surface area (Å²) in [6.45, 7) is 4.92. The molecule has 1 N–H and O–H groups in total. The Hall–Kier alpha value is -1.36. The van der Waals surface area contributed by atoms with E-state index >= 15 is 0 Å². The molecule has 2 aromatic rings. The highest BCUT2D eigenvalue weighted by molar-refractivity contribution is 5.85. The molecular weight excluding hydrogens is 300 g/mol. The van der Waals surface area contributed by atoms with Crippen molar-refractivity contribution in [1.82, 2.24) is 10.2 Å². The zero-order valence-corrected chi connectivity index (χ0v) is 13.9. The van der Waals surface area contributed by atoms with Gasteiger partial charge in [-0.05, 0) is 50.6 Å². The van der Waals surface area contributed by atoms with E-state index in [-0.39, 0.29) is 18.0 Å². The monoisotopic (exact) mass is 322 g/mol. The second-order valence-electron chi connectivity index (χ2n) is 5.91. The van der Waals surface area contributed by atoms with Crippen molar-refractivity contribution in [2.45, 2.75) is 32.4 Å². The lowest BCUT2D eigenvalue weighted by molar-refractivity contribution is 0.242. The highest BCUT2D eigenvalue weighted by Crippen LogP contribution is 2.24. The summed E-state index contributed by atoms with van der Waals surface area (Å²) in [4.78, 5) is 14.3. The second kappa shape index (κ2) is 7.27. The Kier molecular flexibility index (Phi) is 5.62. The van der Waals surface area contributed by atoms with E-state index in [0.717, 1.165) is 36.1 Å². The molecule has 1 unspecified atom stereocenters. The molecule has 22 heavy (non-hydrogen) atoms. The van der Waals surface area contributed by atoms with Crippen LogP contribution in [0.15, 0.2) is 33.5 Å². The van der Waals surface area contributed by atoms with Gasteiger partial charge in [-0.25, -0.2) is 4.79 Å². The molecule has 1 aromatic carbocycles. The summed E-state index contributed by atoms with van der Waals surface area (Å²) in [5.74, 6) is 0. The summed E-state index contributed by atoms with van der Waals surface area (Å²) in [5, 5.41) is 4.31. The fourth-order valence-corrected chi connectivity index (χ4v) is 3.26. The average molecular weight is 323 g/mol. The van der Waals surface area contributed by atoms with Crippen LogP contribution in [0.2, 0.25) is 0 Å². The van der Waals surface area contributed by atoms with Gasteiger partial charge < -0.3 is 9.73 Å². The SMILES string of the molecule is CNCC1CCCN1Cc1cc(=O)oc2cc(C)ccc12.Cl. The first-order valence-electron chi connectivity index (χ1n) is 7.59. The number of likely N-dealkylation sites (tertiary alicyclic amines) is 1. The summed E-state index contributed by atoms with van der Waals surface area (Å²) in [6, 6.07) is 8.28. The third-order valence-corrected chi connectivity index (χ3v) is 4.30. The Bertz CT molecular complexity index is 699. The summed E-state index contributed by atoms with van der Waals surface area (Å²) >= 11 is 0. The van der Waals surface area contributed by atoms with E-state index in [1.807, 2.05) is 20.0 Å². The molecule has 1 atom stereocenters. The van der Waals surface area contributed by atoms with Crippen molar-refractivity contribution in [2.24, 2.45) is 0 Å². The predicted octanol–water partition coefficient (Wildman–Crippen LogP) is 2.71. The van der Waals surface area contributed by atoms with Crippen LogP contribution in [-0.2, 0) is 6.54 Å². The van der Waals surface area contributed by atoms with Crippen LogP contribution in [0.3, 0.4) is 0 Å². The molecule has 5 heteroatoms. The third-order valence-electron chi connectivity index (χ3n) is 4.30. The molecule has 0 amide bonds. The summed E-state index contributed by atoms with van der Waals surface area (Å²) in [5.41, 5.74) is 2.62. The molecule has 1 saturated heterocycles. The number of likely N-dealkylation sites (N-methyl/N-ethyl adjacent to an activating group) is 1. The summed E-state index contributed by atoms with van der Waals surface area (Å²) in [6.07, 6.45) is 2.45. The normalized spacial score (nSPS) is 18.5. The first kappa shape index (κ1) is 17.0. The molecule has 0 bridgehead atoms. The van der Waals surface area contributed by atoms with Crippen molar-refractivity contribution >= 4 is 23.4 Å². The molecule has 3 rings (SSSR count). The molecule has 1 aliphatic rings. The number of halogens is 1. The molecule has 0 saturated carbocycles. The second-order valence-corrected chi connectivity index (χ2v) is 5.91. The Morgan fingerprint density at radius 3 is 2.95 bits per heavy atom. The third kappa shape index (κ3) is 3.51. The first-order valence-corrected chi connectivity index (χ1v) is 7.59. The van der Waals surface area contributed by atoms with E-state index in [2.05, 4.69) is 22.3 Å². The predicted molar refractivity (Wildman–Crippen MR) is 91.8 cm³/mol. The van der Waals surface area contributed by atoms with Gasteiger partial charge in [-0.3, -0.25) is 4.90 Å². The maximum absolute atomic E-state index is 11.8. The number of rotatable bonds is 4. The van der Waals surface area contributed by atoms with Crippen molar-refractivity contribution in [1.29, 1.82) is 0 Å². The van der Waals surface area contributed by atoms with E-state index in [9.17, 15) is 4.79 Å². The van der Waals surface area contributed by atoms with Gasteiger partial charge in [0.2, 0.25) is 0 Å². The van der Waals surface area contributed by atoms with Crippen molar-refractivity contribution in [3.63, 3.8) is 0 Å². The van der Waals surface area contributed by atoms with Crippen LogP contribution in [0.5, 0.6) is 0 Å². The highest BCUT2D eigenvalue weighted by Gasteiger charge is 2.24. The standard InChI is InChI=1S/C17H22N2O2.ClH/c1-12-5-6-15-13(9-17(20)21-16(15)8-12)11-19-7-3-4-14(19)10-18-2;/h5-6,8-9,14,18H,3-4,7,10-11H2,1-2H3;1H. The van der Waals surface area contributed by atoms with E-state index in [4.69, 9.17) is 4.42 Å². The van der Waals surface area contributed by atoms with Gasteiger partial charge in [-0.1, -0.05) is 12.1 Å². The maximum atomic E-state index is 11.8. The van der Waals surface area contributed by atoms with Gasteiger partial charge in [0.15, 0.2) is 0 Å². The van der Waals surface area contributed by atoms with E-state index in [1.54, 1.807) is 6.07 Å². The van der Waals surface area contributed by atoms with Gasteiger partial charge in [-0.15, -0.1) is 12.4 Å². The van der Waals surface area contributed by atoms with Gasteiger partial charge in [0.25, 0.3) is 0 Å². The Labute approximate surface area is 136 Å². The zero-order chi connectivity index (χ0) is 14.8. The molecule has 2 heterocycles. The summed E-state index contributed by atoms with van der Waals surface area (Å²) < 4.78 is 5.34. The fourth-order valence-electron chi connectivity index (χ4n) is 3.26. The minimum Gasteiger partial charge on any atom is -0.423 e. The number of fused-ring (bicyclic) bond motifs is 1. The number of hydrogen-bond donors (Lipinski definition) is 1. The molecule has 0 radical (unpaired) electrons. The fraction of sp³-hybridized carbons (Fsp3) is 0.471. The molecule has 1 aromatic heterocycles.